The Morgan fingerprint density at radius 2 is 1.79 bits per heavy atom. The number of likely N-dealkylation sites (N-methyl/N-ethyl adjacent to an activating group) is 1. The van der Waals surface area contributed by atoms with Crippen LogP contribution in [0.3, 0.4) is 0 Å². The lowest BCUT2D eigenvalue weighted by Gasteiger charge is -2.34. The Morgan fingerprint density at radius 1 is 1.10 bits per heavy atom. The number of nitriles is 1. The molecule has 1 unspecified atom stereocenters. The number of hydrogen-bond donors (Lipinski definition) is 0. The third-order valence-electron chi connectivity index (χ3n) is 8.43. The van der Waals surface area contributed by atoms with Crippen molar-refractivity contribution in [3.63, 3.8) is 0 Å². The first-order valence-electron chi connectivity index (χ1n) is 13.8. The first-order valence-corrected chi connectivity index (χ1v) is 14.6. The van der Waals surface area contributed by atoms with Crippen molar-refractivity contribution in [2.45, 2.75) is 31.2 Å². The largest absolute Gasteiger partial charge is 0.466 e. The van der Waals surface area contributed by atoms with Crippen LogP contribution >= 0.6 is 23.2 Å². The zero-order valence-corrected chi connectivity index (χ0v) is 24.9. The maximum absolute atomic E-state index is 14.3. The molecule has 3 heterocycles. The average Bonchev–Trinajstić information content (AvgIpc) is 3.44. The summed E-state index contributed by atoms with van der Waals surface area (Å²) < 4.78 is 5.18. The first-order chi connectivity index (χ1) is 20.1. The van der Waals surface area contributed by atoms with E-state index in [1.54, 1.807) is 43.1 Å². The van der Waals surface area contributed by atoms with E-state index < -0.39 is 23.4 Å². The third-order valence-corrected chi connectivity index (χ3v) is 8.87. The summed E-state index contributed by atoms with van der Waals surface area (Å²) in [6.07, 6.45) is 1.36. The van der Waals surface area contributed by atoms with Crippen molar-refractivity contribution >= 4 is 52.7 Å². The number of rotatable bonds is 6. The fraction of sp³-hybridized carbons (Fsp3) is 0.433. The fourth-order valence-corrected chi connectivity index (χ4v) is 6.88. The van der Waals surface area contributed by atoms with Gasteiger partial charge in [0.15, 0.2) is 0 Å². The lowest BCUT2D eigenvalue weighted by molar-refractivity contribution is -0.151. The summed E-state index contributed by atoms with van der Waals surface area (Å²) in [5, 5.41) is 9.87. The third kappa shape index (κ3) is 5.33. The van der Waals surface area contributed by atoms with Crippen LogP contribution in [-0.2, 0) is 19.1 Å². The molecule has 0 N–H and O–H groups in total. The number of likely N-dealkylation sites (tertiary alicyclic amines) is 2. The van der Waals surface area contributed by atoms with E-state index in [1.807, 2.05) is 4.90 Å². The minimum atomic E-state index is -1.32. The molecule has 12 heteroatoms. The van der Waals surface area contributed by atoms with Crippen LogP contribution in [-0.4, -0.2) is 90.4 Å². The van der Waals surface area contributed by atoms with Gasteiger partial charge in [-0.15, -0.1) is 0 Å². The minimum Gasteiger partial charge on any atom is -0.466 e. The standard InChI is InChI=1S/C30H31Cl2N5O5/c1-3-42-27(39)21-5-4-10-36(15-21)26(38)17-35-16-25(20-8-6-19(14-33)7-9-20)30(18-35)28(40)37(29(41)34(30)2)24-12-22(31)11-23(32)13-24/h6-9,11-13,21,25H,3-5,10,15-18H2,1-2H3/t21?,25-,30+/m0/s1. The number of imide groups is 1. The predicted molar refractivity (Wildman–Crippen MR) is 156 cm³/mol. The highest BCUT2D eigenvalue weighted by Crippen LogP contribution is 2.46. The molecule has 1 spiro atoms. The molecule has 5 rings (SSSR count). The summed E-state index contributed by atoms with van der Waals surface area (Å²) >= 11 is 12.4. The SMILES string of the molecule is CCOC(=O)C1CCCN(C(=O)CN2C[C@@H](c3ccc(C#N)cc3)[C@]3(C2)C(=O)N(c2cc(Cl)cc(Cl)c2)C(=O)N3C)C1. The molecule has 4 amide bonds. The highest BCUT2D eigenvalue weighted by atomic mass is 35.5. The second kappa shape index (κ2) is 11.9. The van der Waals surface area contributed by atoms with E-state index in [1.165, 1.54) is 23.1 Å². The van der Waals surface area contributed by atoms with Crippen LogP contribution in [0.25, 0.3) is 0 Å². The Balaban J connectivity index is 1.45. The van der Waals surface area contributed by atoms with Gasteiger partial charge in [-0.05, 0) is 55.7 Å². The van der Waals surface area contributed by atoms with Gasteiger partial charge in [0.05, 0.1) is 36.4 Å². The van der Waals surface area contributed by atoms with Gasteiger partial charge in [-0.2, -0.15) is 5.26 Å². The Labute approximate surface area is 254 Å². The molecule has 0 saturated carbocycles. The molecule has 2 aromatic carbocycles. The normalized spacial score (nSPS) is 24.4. The fourth-order valence-electron chi connectivity index (χ4n) is 6.36. The summed E-state index contributed by atoms with van der Waals surface area (Å²) in [4.78, 5) is 59.9. The van der Waals surface area contributed by atoms with Crippen molar-refractivity contribution in [2.24, 2.45) is 5.92 Å². The van der Waals surface area contributed by atoms with Gasteiger partial charge in [-0.25, -0.2) is 9.69 Å². The van der Waals surface area contributed by atoms with Crippen LogP contribution in [0, 0.1) is 17.2 Å². The van der Waals surface area contributed by atoms with Gasteiger partial charge < -0.3 is 14.5 Å². The molecule has 0 radical (unpaired) electrons. The maximum Gasteiger partial charge on any atom is 0.332 e. The molecule has 220 valence electrons. The molecule has 10 nitrogen and oxygen atoms in total. The van der Waals surface area contributed by atoms with Gasteiger partial charge in [-0.3, -0.25) is 19.3 Å². The molecule has 0 aliphatic carbocycles. The van der Waals surface area contributed by atoms with Gasteiger partial charge >= 0.3 is 12.0 Å². The number of carbonyl (C=O) groups is 4. The lowest BCUT2D eigenvalue weighted by Crippen LogP contribution is -2.54. The van der Waals surface area contributed by atoms with Crippen LogP contribution < -0.4 is 4.90 Å². The smallest absolute Gasteiger partial charge is 0.332 e. The van der Waals surface area contributed by atoms with Crippen LogP contribution in [0.1, 0.15) is 36.8 Å². The molecule has 0 bridgehead atoms. The molecule has 0 aromatic heterocycles. The van der Waals surface area contributed by atoms with E-state index in [9.17, 15) is 24.4 Å². The quantitative estimate of drug-likeness (QED) is 0.359. The topological polar surface area (TPSA) is 114 Å². The van der Waals surface area contributed by atoms with Crippen molar-refractivity contribution in [2.75, 3.05) is 51.3 Å². The van der Waals surface area contributed by atoms with Crippen LogP contribution in [0.4, 0.5) is 10.5 Å². The molecule has 3 aliphatic rings. The van der Waals surface area contributed by atoms with Crippen molar-refractivity contribution in [1.29, 1.82) is 5.26 Å². The molecule has 42 heavy (non-hydrogen) atoms. The van der Waals surface area contributed by atoms with Gasteiger partial charge in [-0.1, -0.05) is 35.3 Å². The number of halogens is 2. The van der Waals surface area contributed by atoms with E-state index in [2.05, 4.69) is 6.07 Å². The number of esters is 1. The summed E-state index contributed by atoms with van der Waals surface area (Å²) in [5.74, 6) is -1.76. The zero-order valence-electron chi connectivity index (χ0n) is 23.4. The number of amides is 4. The van der Waals surface area contributed by atoms with Crippen LogP contribution in [0.15, 0.2) is 42.5 Å². The molecular formula is C30H31Cl2N5O5. The summed E-state index contributed by atoms with van der Waals surface area (Å²) in [5.41, 5.74) is 0.174. The van der Waals surface area contributed by atoms with E-state index in [4.69, 9.17) is 27.9 Å². The van der Waals surface area contributed by atoms with E-state index in [0.29, 0.717) is 31.5 Å². The summed E-state index contributed by atoms with van der Waals surface area (Å²) in [6, 6.07) is 13.0. The average molecular weight is 613 g/mol. The van der Waals surface area contributed by atoms with E-state index >= 15 is 0 Å². The number of hydrogen-bond acceptors (Lipinski definition) is 7. The monoisotopic (exact) mass is 611 g/mol. The molecule has 2 aromatic rings. The molecule has 3 atom stereocenters. The Kier molecular flexibility index (Phi) is 8.46. The van der Waals surface area contributed by atoms with Crippen molar-refractivity contribution in [3.05, 3.63) is 63.6 Å². The van der Waals surface area contributed by atoms with Gasteiger partial charge in [0.2, 0.25) is 5.91 Å². The van der Waals surface area contributed by atoms with Crippen molar-refractivity contribution in [3.8, 4) is 6.07 Å². The number of carbonyl (C=O) groups excluding carboxylic acids is 4. The maximum atomic E-state index is 14.3. The predicted octanol–water partition coefficient (Wildman–Crippen LogP) is 3.90. The molecule has 3 fully saturated rings. The van der Waals surface area contributed by atoms with E-state index in [-0.39, 0.29) is 59.8 Å². The van der Waals surface area contributed by atoms with Gasteiger partial charge in [0, 0.05) is 49.2 Å². The zero-order chi connectivity index (χ0) is 30.2. The second-order valence-electron chi connectivity index (χ2n) is 10.9. The Morgan fingerprint density at radius 3 is 2.43 bits per heavy atom. The highest BCUT2D eigenvalue weighted by Gasteiger charge is 2.64. The van der Waals surface area contributed by atoms with Gasteiger partial charge in [0.25, 0.3) is 5.91 Å². The summed E-state index contributed by atoms with van der Waals surface area (Å²) in [6.45, 7) is 3.32. The highest BCUT2D eigenvalue weighted by molar-refractivity contribution is 6.35. The number of anilines is 1. The molecule has 3 aliphatic heterocycles. The van der Waals surface area contributed by atoms with Crippen molar-refractivity contribution in [1.82, 2.24) is 14.7 Å². The van der Waals surface area contributed by atoms with E-state index in [0.717, 1.165) is 10.5 Å². The summed E-state index contributed by atoms with van der Waals surface area (Å²) in [7, 11) is 1.59. The lowest BCUT2D eigenvalue weighted by atomic mass is 9.80. The molecule has 3 saturated heterocycles. The van der Waals surface area contributed by atoms with Crippen LogP contribution in [0.2, 0.25) is 10.0 Å². The first kappa shape index (κ1) is 29.8. The number of ether oxygens (including phenoxy) is 1. The Hall–Kier alpha value is -3.65. The second-order valence-corrected chi connectivity index (χ2v) is 11.8. The Bertz CT molecular complexity index is 1440. The minimum absolute atomic E-state index is 0.0162. The number of piperidine rings is 1. The number of nitrogens with zero attached hydrogens (tertiary/aromatic N) is 5. The van der Waals surface area contributed by atoms with Crippen LogP contribution in [0.5, 0.6) is 0 Å². The van der Waals surface area contributed by atoms with Gasteiger partial charge in [0.1, 0.15) is 5.54 Å². The van der Waals surface area contributed by atoms with Crippen molar-refractivity contribution < 1.29 is 23.9 Å². The number of benzene rings is 2. The molecular weight excluding hydrogens is 581 g/mol. The number of urea groups is 1.